The lowest BCUT2D eigenvalue weighted by molar-refractivity contribution is -0.117. The van der Waals surface area contributed by atoms with Crippen LogP contribution < -0.4 is 5.73 Å². The number of carbonyl (C=O) groups excluding carboxylic acids is 2. The average Bonchev–Trinajstić information content (AvgIpc) is 2.58. The molecule has 0 aliphatic rings. The molecule has 0 spiro atoms. The Morgan fingerprint density at radius 3 is 1.40 bits per heavy atom. The standard InChI is InChI=1S/C22H41NO2/c1-3-4-5-6-7-8-9-10-11-12-13-14-15-16-17-18-21(24)19-20(2)22(23)25/h19H,3-18H2,1-2H3,(H2,23,25). The van der Waals surface area contributed by atoms with Crippen LogP contribution in [0.3, 0.4) is 0 Å². The summed E-state index contributed by atoms with van der Waals surface area (Å²) in [5.41, 5.74) is 5.46. The van der Waals surface area contributed by atoms with E-state index < -0.39 is 5.91 Å². The van der Waals surface area contributed by atoms with E-state index in [1.165, 1.54) is 89.5 Å². The van der Waals surface area contributed by atoms with Gasteiger partial charge in [-0.1, -0.05) is 96.8 Å². The van der Waals surface area contributed by atoms with Gasteiger partial charge in [0, 0.05) is 12.0 Å². The van der Waals surface area contributed by atoms with E-state index in [9.17, 15) is 9.59 Å². The largest absolute Gasteiger partial charge is 0.366 e. The van der Waals surface area contributed by atoms with E-state index in [4.69, 9.17) is 5.73 Å². The van der Waals surface area contributed by atoms with E-state index >= 15 is 0 Å². The van der Waals surface area contributed by atoms with Crippen molar-refractivity contribution >= 4 is 11.7 Å². The normalized spacial score (nSPS) is 11.7. The third-order valence-electron chi connectivity index (χ3n) is 4.79. The minimum absolute atomic E-state index is 0.0194. The molecular weight excluding hydrogens is 310 g/mol. The van der Waals surface area contributed by atoms with E-state index in [1.54, 1.807) is 6.92 Å². The van der Waals surface area contributed by atoms with Crippen LogP contribution in [0.25, 0.3) is 0 Å². The van der Waals surface area contributed by atoms with Crippen molar-refractivity contribution in [1.82, 2.24) is 0 Å². The van der Waals surface area contributed by atoms with Crippen molar-refractivity contribution in [2.24, 2.45) is 5.73 Å². The average molecular weight is 352 g/mol. The van der Waals surface area contributed by atoms with E-state index in [-0.39, 0.29) is 5.78 Å². The minimum atomic E-state index is -0.509. The van der Waals surface area contributed by atoms with Crippen molar-refractivity contribution in [3.8, 4) is 0 Å². The zero-order valence-corrected chi connectivity index (χ0v) is 16.8. The van der Waals surface area contributed by atoms with Gasteiger partial charge in [-0.25, -0.2) is 0 Å². The molecule has 0 bridgehead atoms. The number of allylic oxidation sites excluding steroid dienone is 1. The number of primary amides is 1. The highest BCUT2D eigenvalue weighted by Crippen LogP contribution is 2.13. The molecule has 0 aromatic rings. The van der Waals surface area contributed by atoms with Crippen LogP contribution in [0.4, 0.5) is 0 Å². The van der Waals surface area contributed by atoms with Gasteiger partial charge in [0.05, 0.1) is 0 Å². The molecular formula is C22H41NO2. The molecule has 2 N–H and O–H groups in total. The third kappa shape index (κ3) is 17.5. The van der Waals surface area contributed by atoms with E-state index in [0.29, 0.717) is 12.0 Å². The first-order valence-electron chi connectivity index (χ1n) is 10.6. The SMILES string of the molecule is CCCCCCCCCCCCCCCCCC(=O)C=C(C)C(N)=O. The second kappa shape index (κ2) is 17.7. The zero-order valence-electron chi connectivity index (χ0n) is 16.8. The Morgan fingerprint density at radius 1 is 0.680 bits per heavy atom. The van der Waals surface area contributed by atoms with Gasteiger partial charge in [0.1, 0.15) is 0 Å². The molecule has 0 aliphatic heterocycles. The number of unbranched alkanes of at least 4 members (excludes halogenated alkanes) is 14. The molecule has 0 fully saturated rings. The Kier molecular flexibility index (Phi) is 16.9. The fraction of sp³-hybridized carbons (Fsp3) is 0.818. The minimum Gasteiger partial charge on any atom is -0.366 e. The smallest absolute Gasteiger partial charge is 0.244 e. The molecule has 3 heteroatoms. The predicted octanol–water partition coefficient (Wildman–Crippen LogP) is 6.25. The lowest BCUT2D eigenvalue weighted by atomic mass is 10.0. The lowest BCUT2D eigenvalue weighted by Crippen LogP contribution is -2.12. The fourth-order valence-corrected chi connectivity index (χ4v) is 3.06. The number of amides is 1. The molecule has 146 valence electrons. The number of hydrogen-bond donors (Lipinski definition) is 1. The van der Waals surface area contributed by atoms with Gasteiger partial charge in [0.25, 0.3) is 0 Å². The second-order valence-electron chi connectivity index (χ2n) is 7.36. The number of ketones is 1. The molecule has 0 heterocycles. The number of carbonyl (C=O) groups is 2. The topological polar surface area (TPSA) is 60.2 Å². The molecule has 3 nitrogen and oxygen atoms in total. The van der Waals surface area contributed by atoms with Crippen LogP contribution >= 0.6 is 0 Å². The highest BCUT2D eigenvalue weighted by molar-refractivity contribution is 6.00. The van der Waals surface area contributed by atoms with Crippen molar-refractivity contribution in [2.75, 3.05) is 0 Å². The van der Waals surface area contributed by atoms with Gasteiger partial charge in [-0.15, -0.1) is 0 Å². The first-order chi connectivity index (χ1) is 12.1. The molecule has 1 amide bonds. The highest BCUT2D eigenvalue weighted by Gasteiger charge is 2.02. The number of hydrogen-bond acceptors (Lipinski definition) is 2. The molecule has 0 saturated carbocycles. The van der Waals surface area contributed by atoms with Gasteiger partial charge in [0.2, 0.25) is 5.91 Å². The van der Waals surface area contributed by atoms with Crippen LogP contribution in [0.5, 0.6) is 0 Å². The summed E-state index contributed by atoms with van der Waals surface area (Å²) >= 11 is 0. The predicted molar refractivity (Wildman–Crippen MR) is 108 cm³/mol. The summed E-state index contributed by atoms with van der Waals surface area (Å²) < 4.78 is 0. The summed E-state index contributed by atoms with van der Waals surface area (Å²) in [5, 5.41) is 0. The van der Waals surface area contributed by atoms with Gasteiger partial charge in [-0.05, 0) is 19.4 Å². The van der Waals surface area contributed by atoms with Crippen LogP contribution in [0.15, 0.2) is 11.6 Å². The Hall–Kier alpha value is -1.12. The van der Waals surface area contributed by atoms with Crippen molar-refractivity contribution in [2.45, 2.75) is 117 Å². The number of rotatable bonds is 18. The maximum Gasteiger partial charge on any atom is 0.244 e. The summed E-state index contributed by atoms with van der Waals surface area (Å²) in [5.74, 6) is -0.490. The van der Waals surface area contributed by atoms with Crippen molar-refractivity contribution in [3.63, 3.8) is 0 Å². The van der Waals surface area contributed by atoms with Crippen LogP contribution in [0, 0.1) is 0 Å². The van der Waals surface area contributed by atoms with Gasteiger partial charge >= 0.3 is 0 Å². The molecule has 0 rings (SSSR count). The molecule has 0 aromatic carbocycles. The molecule has 0 atom stereocenters. The van der Waals surface area contributed by atoms with Crippen molar-refractivity contribution in [1.29, 1.82) is 0 Å². The number of nitrogens with two attached hydrogens (primary N) is 1. The Bertz CT molecular complexity index is 374. The molecule has 0 radical (unpaired) electrons. The Balaban J connectivity index is 3.25. The van der Waals surface area contributed by atoms with Gasteiger partial charge in [0.15, 0.2) is 5.78 Å². The monoisotopic (exact) mass is 351 g/mol. The zero-order chi connectivity index (χ0) is 18.8. The summed E-state index contributed by atoms with van der Waals surface area (Å²) in [7, 11) is 0. The van der Waals surface area contributed by atoms with Gasteiger partial charge in [-0.3, -0.25) is 9.59 Å². The molecule has 0 aromatic heterocycles. The summed E-state index contributed by atoms with van der Waals surface area (Å²) in [4.78, 5) is 22.5. The van der Waals surface area contributed by atoms with Crippen molar-refractivity contribution < 1.29 is 9.59 Å². The highest BCUT2D eigenvalue weighted by atomic mass is 16.1. The van der Waals surface area contributed by atoms with Crippen LogP contribution in [0.1, 0.15) is 117 Å². The van der Waals surface area contributed by atoms with E-state index in [0.717, 1.165) is 12.8 Å². The second-order valence-corrected chi connectivity index (χ2v) is 7.36. The van der Waals surface area contributed by atoms with Crippen LogP contribution in [0.2, 0.25) is 0 Å². The molecule has 0 saturated heterocycles. The summed E-state index contributed by atoms with van der Waals surface area (Å²) in [6, 6.07) is 0. The third-order valence-corrected chi connectivity index (χ3v) is 4.79. The van der Waals surface area contributed by atoms with Gasteiger partial charge in [-0.2, -0.15) is 0 Å². The van der Waals surface area contributed by atoms with Gasteiger partial charge < -0.3 is 5.73 Å². The van der Waals surface area contributed by atoms with Crippen LogP contribution in [-0.4, -0.2) is 11.7 Å². The first-order valence-corrected chi connectivity index (χ1v) is 10.6. The fourth-order valence-electron chi connectivity index (χ4n) is 3.06. The first kappa shape index (κ1) is 23.9. The summed E-state index contributed by atoms with van der Waals surface area (Å²) in [6.45, 7) is 3.86. The van der Waals surface area contributed by atoms with Crippen LogP contribution in [-0.2, 0) is 9.59 Å². The van der Waals surface area contributed by atoms with Crippen molar-refractivity contribution in [3.05, 3.63) is 11.6 Å². The van der Waals surface area contributed by atoms with E-state index in [2.05, 4.69) is 6.92 Å². The summed E-state index contributed by atoms with van der Waals surface area (Å²) in [6.07, 6.45) is 21.7. The molecule has 0 aliphatic carbocycles. The molecule has 0 unspecified atom stereocenters. The maximum absolute atomic E-state index is 11.6. The molecule has 25 heavy (non-hydrogen) atoms. The maximum atomic E-state index is 11.6. The quantitative estimate of drug-likeness (QED) is 0.234. The Labute approximate surface area is 155 Å². The van der Waals surface area contributed by atoms with E-state index in [1.807, 2.05) is 0 Å². The Morgan fingerprint density at radius 2 is 1.04 bits per heavy atom. The lowest BCUT2D eigenvalue weighted by Gasteiger charge is -2.03.